The molecule has 0 saturated carbocycles. The number of anilines is 1. The van der Waals surface area contributed by atoms with Gasteiger partial charge in [0.15, 0.2) is 5.82 Å². The van der Waals surface area contributed by atoms with Crippen molar-refractivity contribution in [2.45, 2.75) is 20.4 Å². The number of nitrogens with two attached hydrogens (primary N) is 1. The highest BCUT2D eigenvalue weighted by atomic mass is 16.2. The molecule has 0 radical (unpaired) electrons. The highest BCUT2D eigenvalue weighted by molar-refractivity contribution is 5.82. The first-order chi connectivity index (χ1) is 8.54. The van der Waals surface area contributed by atoms with Crippen LogP contribution in [-0.4, -0.2) is 47.7 Å². The van der Waals surface area contributed by atoms with Gasteiger partial charge in [0.1, 0.15) is 0 Å². The summed E-state index contributed by atoms with van der Waals surface area (Å²) in [5.41, 5.74) is 8.74. The Bertz CT molecular complexity index is 474. The number of nitrogens with zero attached hydrogens (tertiary/aromatic N) is 4. The number of amides is 1. The van der Waals surface area contributed by atoms with Crippen LogP contribution in [0.1, 0.15) is 16.8 Å². The SMILES string of the molecule is Cc1nnc(N2CCN(C)C(=O)C2)c(CN)c1C. The zero-order chi connectivity index (χ0) is 13.3. The van der Waals surface area contributed by atoms with Crippen LogP contribution in [0, 0.1) is 13.8 Å². The lowest BCUT2D eigenvalue weighted by atomic mass is 10.1. The Morgan fingerprint density at radius 3 is 2.61 bits per heavy atom. The second-order valence-corrected chi connectivity index (χ2v) is 4.65. The fourth-order valence-corrected chi connectivity index (χ4v) is 2.08. The second kappa shape index (κ2) is 4.89. The first-order valence-corrected chi connectivity index (χ1v) is 6.06. The number of piperazine rings is 1. The Hall–Kier alpha value is -1.69. The van der Waals surface area contributed by atoms with E-state index in [4.69, 9.17) is 5.73 Å². The van der Waals surface area contributed by atoms with Crippen LogP contribution in [0.15, 0.2) is 0 Å². The number of rotatable bonds is 2. The molecule has 2 heterocycles. The standard InChI is InChI=1S/C12H19N5O/c1-8-9(2)14-15-12(10(8)6-13)17-5-4-16(3)11(18)7-17/h4-7,13H2,1-3H3. The van der Waals surface area contributed by atoms with Gasteiger partial charge in [-0.2, -0.15) is 5.10 Å². The van der Waals surface area contributed by atoms with E-state index >= 15 is 0 Å². The maximum atomic E-state index is 11.7. The molecule has 1 fully saturated rings. The van der Waals surface area contributed by atoms with Gasteiger partial charge in [0, 0.05) is 32.2 Å². The van der Waals surface area contributed by atoms with Gasteiger partial charge in [-0.05, 0) is 19.4 Å². The zero-order valence-corrected chi connectivity index (χ0v) is 11.1. The number of carbonyl (C=O) groups is 1. The third-order valence-corrected chi connectivity index (χ3v) is 3.52. The number of likely N-dealkylation sites (N-methyl/N-ethyl adjacent to an activating group) is 1. The minimum absolute atomic E-state index is 0.101. The number of hydrogen-bond donors (Lipinski definition) is 1. The van der Waals surface area contributed by atoms with Gasteiger partial charge in [0.2, 0.25) is 5.91 Å². The van der Waals surface area contributed by atoms with Crippen LogP contribution in [0.2, 0.25) is 0 Å². The van der Waals surface area contributed by atoms with E-state index in [0.717, 1.165) is 29.2 Å². The van der Waals surface area contributed by atoms with Crippen molar-refractivity contribution < 1.29 is 4.79 Å². The zero-order valence-electron chi connectivity index (χ0n) is 11.1. The van der Waals surface area contributed by atoms with Crippen molar-refractivity contribution in [1.82, 2.24) is 15.1 Å². The van der Waals surface area contributed by atoms with Crippen LogP contribution in [0.5, 0.6) is 0 Å². The fourth-order valence-electron chi connectivity index (χ4n) is 2.08. The van der Waals surface area contributed by atoms with Gasteiger partial charge in [0.05, 0.1) is 12.2 Å². The van der Waals surface area contributed by atoms with Gasteiger partial charge in [-0.1, -0.05) is 0 Å². The maximum Gasteiger partial charge on any atom is 0.241 e. The molecule has 1 aromatic heterocycles. The number of aromatic nitrogens is 2. The van der Waals surface area contributed by atoms with Gasteiger partial charge < -0.3 is 15.5 Å². The lowest BCUT2D eigenvalue weighted by Gasteiger charge is -2.33. The summed E-state index contributed by atoms with van der Waals surface area (Å²) in [6.45, 7) is 6.15. The summed E-state index contributed by atoms with van der Waals surface area (Å²) in [6, 6.07) is 0. The van der Waals surface area contributed by atoms with Crippen LogP contribution in [0.4, 0.5) is 5.82 Å². The molecule has 0 unspecified atom stereocenters. The van der Waals surface area contributed by atoms with E-state index < -0.39 is 0 Å². The normalized spacial score (nSPS) is 16.3. The predicted octanol–water partition coefficient (Wildman–Crippen LogP) is -0.169. The summed E-state index contributed by atoms with van der Waals surface area (Å²) in [5, 5.41) is 8.35. The van der Waals surface area contributed by atoms with Crippen molar-refractivity contribution in [3.05, 3.63) is 16.8 Å². The van der Waals surface area contributed by atoms with E-state index in [1.807, 2.05) is 25.8 Å². The van der Waals surface area contributed by atoms with Crippen molar-refractivity contribution in [2.75, 3.05) is 31.6 Å². The Morgan fingerprint density at radius 1 is 1.28 bits per heavy atom. The van der Waals surface area contributed by atoms with Crippen LogP contribution in [0.3, 0.4) is 0 Å². The number of carbonyl (C=O) groups excluding carboxylic acids is 1. The first kappa shape index (κ1) is 12.8. The van der Waals surface area contributed by atoms with E-state index in [0.29, 0.717) is 19.6 Å². The molecule has 2 rings (SSSR count). The minimum Gasteiger partial charge on any atom is -0.344 e. The molecule has 1 aromatic rings. The molecule has 1 aliphatic rings. The van der Waals surface area contributed by atoms with E-state index in [1.54, 1.807) is 4.90 Å². The van der Waals surface area contributed by atoms with E-state index in [9.17, 15) is 4.79 Å². The van der Waals surface area contributed by atoms with Gasteiger partial charge in [-0.15, -0.1) is 5.10 Å². The van der Waals surface area contributed by atoms with E-state index in [1.165, 1.54) is 0 Å². The van der Waals surface area contributed by atoms with Crippen molar-refractivity contribution >= 4 is 11.7 Å². The van der Waals surface area contributed by atoms with Crippen LogP contribution >= 0.6 is 0 Å². The second-order valence-electron chi connectivity index (χ2n) is 4.65. The average molecular weight is 249 g/mol. The molecule has 0 aliphatic carbocycles. The highest BCUT2D eigenvalue weighted by Crippen LogP contribution is 2.22. The Morgan fingerprint density at radius 2 is 2.00 bits per heavy atom. The molecule has 6 nitrogen and oxygen atoms in total. The summed E-state index contributed by atoms with van der Waals surface area (Å²) in [6.07, 6.45) is 0. The van der Waals surface area contributed by atoms with Crippen molar-refractivity contribution in [3.63, 3.8) is 0 Å². The van der Waals surface area contributed by atoms with E-state index in [2.05, 4.69) is 10.2 Å². The minimum atomic E-state index is 0.101. The summed E-state index contributed by atoms with van der Waals surface area (Å²) < 4.78 is 0. The molecule has 1 amide bonds. The molecule has 6 heteroatoms. The molecule has 1 aliphatic heterocycles. The molecular weight excluding hydrogens is 230 g/mol. The maximum absolute atomic E-state index is 11.7. The van der Waals surface area contributed by atoms with Crippen molar-refractivity contribution in [3.8, 4) is 0 Å². The van der Waals surface area contributed by atoms with Gasteiger partial charge in [-0.3, -0.25) is 4.79 Å². The quantitative estimate of drug-likeness (QED) is 0.787. The molecule has 2 N–H and O–H groups in total. The van der Waals surface area contributed by atoms with Crippen LogP contribution < -0.4 is 10.6 Å². The van der Waals surface area contributed by atoms with Crippen molar-refractivity contribution in [2.24, 2.45) is 5.73 Å². The average Bonchev–Trinajstić information content (AvgIpc) is 2.36. The molecule has 0 bridgehead atoms. The third kappa shape index (κ3) is 2.15. The Labute approximate surface area is 107 Å². The van der Waals surface area contributed by atoms with Crippen LogP contribution in [-0.2, 0) is 11.3 Å². The Kier molecular flexibility index (Phi) is 3.47. The largest absolute Gasteiger partial charge is 0.344 e. The molecular formula is C12H19N5O. The molecule has 1 saturated heterocycles. The number of aryl methyl sites for hydroxylation is 1. The summed E-state index contributed by atoms with van der Waals surface area (Å²) in [4.78, 5) is 15.4. The summed E-state index contributed by atoms with van der Waals surface area (Å²) in [7, 11) is 1.82. The molecule has 0 atom stereocenters. The smallest absolute Gasteiger partial charge is 0.241 e. The fraction of sp³-hybridized carbons (Fsp3) is 0.583. The van der Waals surface area contributed by atoms with Gasteiger partial charge >= 0.3 is 0 Å². The van der Waals surface area contributed by atoms with E-state index in [-0.39, 0.29) is 5.91 Å². The van der Waals surface area contributed by atoms with Crippen molar-refractivity contribution in [1.29, 1.82) is 0 Å². The molecule has 98 valence electrons. The number of hydrogen-bond acceptors (Lipinski definition) is 5. The van der Waals surface area contributed by atoms with Crippen LogP contribution in [0.25, 0.3) is 0 Å². The van der Waals surface area contributed by atoms with Gasteiger partial charge in [-0.25, -0.2) is 0 Å². The molecule has 18 heavy (non-hydrogen) atoms. The summed E-state index contributed by atoms with van der Waals surface area (Å²) >= 11 is 0. The first-order valence-electron chi connectivity index (χ1n) is 6.06. The summed E-state index contributed by atoms with van der Waals surface area (Å²) in [5.74, 6) is 0.853. The lowest BCUT2D eigenvalue weighted by Crippen LogP contribution is -2.49. The monoisotopic (exact) mass is 249 g/mol. The highest BCUT2D eigenvalue weighted by Gasteiger charge is 2.24. The van der Waals surface area contributed by atoms with Gasteiger partial charge in [0.25, 0.3) is 0 Å². The molecule has 0 spiro atoms. The molecule has 0 aromatic carbocycles. The topological polar surface area (TPSA) is 75.4 Å². The Balaban J connectivity index is 2.34. The lowest BCUT2D eigenvalue weighted by molar-refractivity contribution is -0.129. The predicted molar refractivity (Wildman–Crippen MR) is 69.2 cm³/mol. The third-order valence-electron chi connectivity index (χ3n) is 3.52.